The molecule has 2 heterocycles. The third-order valence-electron chi connectivity index (χ3n) is 4.98. The zero-order valence-electron chi connectivity index (χ0n) is 13.7. The number of likely N-dealkylation sites (N-methyl/N-ethyl adjacent to an activating group) is 1. The average Bonchev–Trinajstić information content (AvgIpc) is 2.70. The molecule has 0 amide bonds. The molecular weight excluding hydrogens is 340 g/mol. The lowest BCUT2D eigenvalue weighted by Gasteiger charge is -2.40. The molecule has 0 unspecified atom stereocenters. The molecule has 1 saturated heterocycles. The van der Waals surface area contributed by atoms with Gasteiger partial charge in [-0.05, 0) is 42.4 Å². The first-order chi connectivity index (χ1) is 11.6. The lowest BCUT2D eigenvalue weighted by molar-refractivity contribution is 0.0195. The first-order valence-electron chi connectivity index (χ1n) is 8.30. The largest absolute Gasteiger partial charge is 0.386 e. The first-order valence-corrected chi connectivity index (χ1v) is 9.50. The smallest absolute Gasteiger partial charge is 0.0998 e. The van der Waals surface area contributed by atoms with Gasteiger partial charge < -0.3 is 10.0 Å². The molecule has 0 radical (unpaired) electrons. The number of aliphatic hydroxyl groups excluding tert-OH is 1. The first kappa shape index (κ1) is 16.4. The third kappa shape index (κ3) is 2.98. The van der Waals surface area contributed by atoms with Crippen molar-refractivity contribution >= 4 is 23.4 Å². The van der Waals surface area contributed by atoms with E-state index in [4.69, 9.17) is 11.6 Å². The SMILES string of the molecule is CN1CCN([C@H]2c3cc(Cl)ccc3Sc3ccccc3[C@H]2O)CC1. The highest BCUT2D eigenvalue weighted by Gasteiger charge is 2.35. The van der Waals surface area contributed by atoms with Gasteiger partial charge in [0.1, 0.15) is 0 Å². The van der Waals surface area contributed by atoms with Gasteiger partial charge >= 0.3 is 0 Å². The predicted molar refractivity (Wildman–Crippen MR) is 98.8 cm³/mol. The molecule has 1 fully saturated rings. The number of fused-ring (bicyclic) bond motifs is 2. The van der Waals surface area contributed by atoms with Gasteiger partial charge in [-0.1, -0.05) is 41.6 Å². The molecule has 2 aliphatic heterocycles. The Morgan fingerprint density at radius 1 is 1.00 bits per heavy atom. The highest BCUT2D eigenvalue weighted by molar-refractivity contribution is 7.99. The van der Waals surface area contributed by atoms with Crippen LogP contribution in [0.5, 0.6) is 0 Å². The van der Waals surface area contributed by atoms with Crippen LogP contribution in [-0.4, -0.2) is 48.1 Å². The average molecular weight is 361 g/mol. The van der Waals surface area contributed by atoms with E-state index in [2.05, 4.69) is 29.0 Å². The quantitative estimate of drug-likeness (QED) is 0.836. The van der Waals surface area contributed by atoms with E-state index in [1.54, 1.807) is 11.8 Å². The molecule has 0 aliphatic carbocycles. The van der Waals surface area contributed by atoms with Crippen molar-refractivity contribution in [3.8, 4) is 0 Å². The van der Waals surface area contributed by atoms with Crippen molar-refractivity contribution in [2.45, 2.75) is 21.9 Å². The number of aliphatic hydroxyl groups is 1. The summed E-state index contributed by atoms with van der Waals surface area (Å²) in [5, 5.41) is 12.0. The number of piperazine rings is 1. The normalized spacial score (nSPS) is 25.0. The van der Waals surface area contributed by atoms with E-state index >= 15 is 0 Å². The van der Waals surface area contributed by atoms with E-state index in [0.29, 0.717) is 0 Å². The summed E-state index contributed by atoms with van der Waals surface area (Å²) >= 11 is 8.03. The van der Waals surface area contributed by atoms with Gasteiger partial charge in [-0.15, -0.1) is 0 Å². The van der Waals surface area contributed by atoms with Crippen LogP contribution in [0.4, 0.5) is 0 Å². The van der Waals surface area contributed by atoms with Gasteiger partial charge in [-0.25, -0.2) is 0 Å². The van der Waals surface area contributed by atoms with Crippen molar-refractivity contribution in [1.82, 2.24) is 9.80 Å². The molecule has 0 spiro atoms. The summed E-state index contributed by atoms with van der Waals surface area (Å²) in [4.78, 5) is 7.06. The minimum absolute atomic E-state index is 0.0523. The summed E-state index contributed by atoms with van der Waals surface area (Å²) in [7, 11) is 2.15. The minimum Gasteiger partial charge on any atom is -0.386 e. The molecule has 4 rings (SSSR count). The second kappa shape index (κ2) is 6.70. The molecule has 24 heavy (non-hydrogen) atoms. The van der Waals surface area contributed by atoms with Gasteiger partial charge in [-0.2, -0.15) is 0 Å². The Bertz CT molecular complexity index is 746. The number of nitrogens with zero attached hydrogens (tertiary/aromatic N) is 2. The standard InChI is InChI=1S/C19H21ClN2OS/c1-21-8-10-22(11-9-21)18-15-12-13(20)6-7-17(15)24-16-5-3-2-4-14(16)19(18)23/h2-7,12,18-19,23H,8-11H2,1H3/t18-,19+/m0/s1. The monoisotopic (exact) mass is 360 g/mol. The minimum atomic E-state index is -0.545. The highest BCUT2D eigenvalue weighted by Crippen LogP contribution is 2.48. The zero-order valence-corrected chi connectivity index (χ0v) is 15.2. The second-order valence-electron chi connectivity index (χ2n) is 6.55. The Hall–Kier alpha value is -1.04. The fourth-order valence-corrected chi connectivity index (χ4v) is 4.92. The summed E-state index contributed by atoms with van der Waals surface area (Å²) < 4.78 is 0. The molecular formula is C19H21ClN2OS. The Morgan fingerprint density at radius 2 is 1.71 bits per heavy atom. The zero-order chi connectivity index (χ0) is 16.7. The van der Waals surface area contributed by atoms with Crippen molar-refractivity contribution in [1.29, 1.82) is 0 Å². The van der Waals surface area contributed by atoms with Crippen molar-refractivity contribution in [2.75, 3.05) is 33.2 Å². The van der Waals surface area contributed by atoms with Crippen molar-refractivity contribution in [2.24, 2.45) is 0 Å². The molecule has 0 bridgehead atoms. The van der Waals surface area contributed by atoms with E-state index < -0.39 is 6.10 Å². The van der Waals surface area contributed by atoms with Crippen LogP contribution in [0.25, 0.3) is 0 Å². The topological polar surface area (TPSA) is 26.7 Å². The van der Waals surface area contributed by atoms with Crippen LogP contribution >= 0.6 is 23.4 Å². The maximum absolute atomic E-state index is 11.2. The molecule has 2 aliphatic rings. The fraction of sp³-hybridized carbons (Fsp3) is 0.368. The molecule has 1 N–H and O–H groups in total. The number of hydrogen-bond acceptors (Lipinski definition) is 4. The van der Waals surface area contributed by atoms with Crippen molar-refractivity contribution in [3.63, 3.8) is 0 Å². The summed E-state index contributed by atoms with van der Waals surface area (Å²) in [5.41, 5.74) is 2.15. The number of hydrogen-bond donors (Lipinski definition) is 1. The lowest BCUT2D eigenvalue weighted by Crippen LogP contribution is -2.47. The molecule has 0 aromatic heterocycles. The Kier molecular flexibility index (Phi) is 4.58. The number of benzene rings is 2. The van der Waals surface area contributed by atoms with Crippen LogP contribution in [0.15, 0.2) is 52.3 Å². The lowest BCUT2D eigenvalue weighted by atomic mass is 9.94. The van der Waals surface area contributed by atoms with Crippen molar-refractivity contribution < 1.29 is 5.11 Å². The van der Waals surface area contributed by atoms with Gasteiger partial charge in [-0.3, -0.25) is 4.90 Å². The van der Waals surface area contributed by atoms with E-state index in [9.17, 15) is 5.11 Å². The summed E-state index contributed by atoms with van der Waals surface area (Å²) in [6, 6.07) is 14.2. The maximum atomic E-state index is 11.2. The fourth-order valence-electron chi connectivity index (χ4n) is 3.62. The van der Waals surface area contributed by atoms with E-state index in [1.807, 2.05) is 30.3 Å². The van der Waals surface area contributed by atoms with Crippen molar-refractivity contribution in [3.05, 3.63) is 58.6 Å². The summed E-state index contributed by atoms with van der Waals surface area (Å²) in [5.74, 6) is 0. The number of rotatable bonds is 1. The van der Waals surface area contributed by atoms with E-state index in [1.165, 1.54) is 4.90 Å². The van der Waals surface area contributed by atoms with Gasteiger partial charge in [0, 0.05) is 41.0 Å². The van der Waals surface area contributed by atoms with Crippen LogP contribution in [0.2, 0.25) is 5.02 Å². The molecule has 126 valence electrons. The summed E-state index contributed by atoms with van der Waals surface area (Å²) in [6.07, 6.45) is -0.545. The van der Waals surface area contributed by atoms with Crippen LogP contribution in [0.1, 0.15) is 23.3 Å². The molecule has 3 nitrogen and oxygen atoms in total. The second-order valence-corrected chi connectivity index (χ2v) is 8.07. The van der Waals surface area contributed by atoms with Crippen LogP contribution < -0.4 is 0 Å². The van der Waals surface area contributed by atoms with Gasteiger partial charge in [0.25, 0.3) is 0 Å². The van der Waals surface area contributed by atoms with E-state index in [0.717, 1.165) is 47.2 Å². The third-order valence-corrected chi connectivity index (χ3v) is 6.40. The van der Waals surface area contributed by atoms with Gasteiger partial charge in [0.05, 0.1) is 12.1 Å². The van der Waals surface area contributed by atoms with Crippen LogP contribution in [0.3, 0.4) is 0 Å². The molecule has 2 aromatic carbocycles. The van der Waals surface area contributed by atoms with Crippen LogP contribution in [0, 0.1) is 0 Å². The molecule has 0 saturated carbocycles. The van der Waals surface area contributed by atoms with E-state index in [-0.39, 0.29) is 6.04 Å². The number of halogens is 1. The maximum Gasteiger partial charge on any atom is 0.0998 e. The Labute approximate surface area is 152 Å². The highest BCUT2D eigenvalue weighted by atomic mass is 35.5. The Balaban J connectivity index is 1.82. The summed E-state index contributed by atoms with van der Waals surface area (Å²) in [6.45, 7) is 3.95. The Morgan fingerprint density at radius 3 is 2.50 bits per heavy atom. The molecule has 5 heteroatoms. The molecule has 2 aromatic rings. The van der Waals surface area contributed by atoms with Crippen LogP contribution in [-0.2, 0) is 0 Å². The predicted octanol–water partition coefficient (Wildman–Crippen LogP) is 3.83. The van der Waals surface area contributed by atoms with Gasteiger partial charge in [0.2, 0.25) is 0 Å². The van der Waals surface area contributed by atoms with Gasteiger partial charge in [0.15, 0.2) is 0 Å². The molecule has 2 atom stereocenters.